The summed E-state index contributed by atoms with van der Waals surface area (Å²) in [4.78, 5) is 4.58. The molecule has 0 saturated heterocycles. The van der Waals surface area contributed by atoms with Gasteiger partial charge in [0.1, 0.15) is 5.52 Å². The van der Waals surface area contributed by atoms with Gasteiger partial charge in [0, 0.05) is 13.1 Å². The van der Waals surface area contributed by atoms with E-state index >= 15 is 0 Å². The molecule has 5 heteroatoms. The van der Waals surface area contributed by atoms with Crippen LogP contribution in [0.1, 0.15) is 51.8 Å². The van der Waals surface area contributed by atoms with Gasteiger partial charge in [-0.25, -0.2) is 4.98 Å². The van der Waals surface area contributed by atoms with Crippen LogP contribution in [0.3, 0.4) is 0 Å². The van der Waals surface area contributed by atoms with Gasteiger partial charge in [0.15, 0.2) is 5.65 Å². The molecule has 20 heavy (non-hydrogen) atoms. The lowest BCUT2D eigenvalue weighted by molar-refractivity contribution is 0.214. The molecule has 5 nitrogen and oxygen atoms in total. The molecule has 1 aliphatic carbocycles. The maximum Gasteiger partial charge on any atom is 0.202 e. The van der Waals surface area contributed by atoms with Crippen molar-refractivity contribution < 1.29 is 0 Å². The summed E-state index contributed by atoms with van der Waals surface area (Å²) in [6.07, 6.45) is 4.53. The number of nitrogen functional groups attached to an aromatic ring is 1. The fourth-order valence-corrected chi connectivity index (χ4v) is 3.57. The Kier molecular flexibility index (Phi) is 3.22. The van der Waals surface area contributed by atoms with Gasteiger partial charge in [-0.1, -0.05) is 20.8 Å². The molecule has 0 radical (unpaired) electrons. The van der Waals surface area contributed by atoms with E-state index in [0.717, 1.165) is 35.1 Å². The maximum atomic E-state index is 6.21. The van der Waals surface area contributed by atoms with Crippen molar-refractivity contribution in [3.8, 4) is 0 Å². The minimum Gasteiger partial charge on any atom is -0.369 e. The van der Waals surface area contributed by atoms with Crippen molar-refractivity contribution in [2.75, 3.05) is 5.73 Å². The number of rotatable bonds is 2. The van der Waals surface area contributed by atoms with E-state index < -0.39 is 0 Å². The quantitative estimate of drug-likeness (QED) is 0.916. The molecule has 0 aromatic carbocycles. The Morgan fingerprint density at radius 1 is 1.25 bits per heavy atom. The largest absolute Gasteiger partial charge is 0.369 e. The van der Waals surface area contributed by atoms with Crippen molar-refractivity contribution in [1.82, 2.24) is 19.3 Å². The fourth-order valence-electron chi connectivity index (χ4n) is 3.57. The van der Waals surface area contributed by atoms with Crippen molar-refractivity contribution in [3.05, 3.63) is 5.69 Å². The second-order valence-electron chi connectivity index (χ2n) is 6.36. The first kappa shape index (κ1) is 13.5. The molecular weight excluding hydrogens is 250 g/mol. The van der Waals surface area contributed by atoms with E-state index in [-0.39, 0.29) is 0 Å². The zero-order valence-corrected chi connectivity index (χ0v) is 12.9. The van der Waals surface area contributed by atoms with Crippen molar-refractivity contribution in [3.63, 3.8) is 0 Å². The Hall–Kier alpha value is -1.52. The highest BCUT2D eigenvalue weighted by molar-refractivity contribution is 5.78. The summed E-state index contributed by atoms with van der Waals surface area (Å²) in [5.41, 5.74) is 9.33. The number of hydrogen-bond donors (Lipinski definition) is 1. The molecule has 0 bridgehead atoms. The van der Waals surface area contributed by atoms with Crippen LogP contribution in [0, 0.1) is 11.8 Å². The predicted molar refractivity (Wildman–Crippen MR) is 81.5 cm³/mol. The fraction of sp³-hybridized carbons (Fsp3) is 0.733. The highest BCUT2D eigenvalue weighted by Gasteiger charge is 2.29. The molecule has 2 heterocycles. The van der Waals surface area contributed by atoms with E-state index in [0.29, 0.717) is 12.0 Å². The second-order valence-corrected chi connectivity index (χ2v) is 6.36. The molecule has 110 valence electrons. The van der Waals surface area contributed by atoms with Crippen molar-refractivity contribution in [1.29, 1.82) is 0 Å². The highest BCUT2D eigenvalue weighted by Crippen LogP contribution is 2.39. The Bertz CT molecular complexity index is 624. The minimum absolute atomic E-state index is 0.464. The molecule has 3 atom stereocenters. The summed E-state index contributed by atoms with van der Waals surface area (Å²) in [5, 5.41) is 4.58. The molecule has 1 fully saturated rings. The third-order valence-electron chi connectivity index (χ3n) is 5.03. The van der Waals surface area contributed by atoms with E-state index in [2.05, 4.69) is 35.4 Å². The zero-order chi connectivity index (χ0) is 14.4. The average Bonchev–Trinajstić information content (AvgIpc) is 2.90. The first-order chi connectivity index (χ1) is 9.52. The molecule has 1 saturated carbocycles. The summed E-state index contributed by atoms with van der Waals surface area (Å²) in [6, 6.07) is 0.464. The number of fused-ring (bicyclic) bond motifs is 1. The van der Waals surface area contributed by atoms with Gasteiger partial charge in [-0.15, -0.1) is 0 Å². The standard InChI is InChI=1S/C15H25N5/c1-5-12-13-14(19(4)18-12)20(15(16)17-13)11-7-6-9(2)10(3)8-11/h9-11H,5-8H2,1-4H3,(H2,16,17). The third-order valence-corrected chi connectivity index (χ3v) is 5.03. The third kappa shape index (κ3) is 1.91. The molecule has 0 spiro atoms. The first-order valence-electron chi connectivity index (χ1n) is 7.72. The lowest BCUT2D eigenvalue weighted by Gasteiger charge is -2.33. The van der Waals surface area contributed by atoms with Gasteiger partial charge < -0.3 is 5.73 Å². The van der Waals surface area contributed by atoms with Crippen LogP contribution in [-0.4, -0.2) is 19.3 Å². The average molecular weight is 275 g/mol. The monoisotopic (exact) mass is 275 g/mol. The Balaban J connectivity index is 2.07. The molecule has 2 aromatic rings. The van der Waals surface area contributed by atoms with Gasteiger partial charge in [0.25, 0.3) is 0 Å². The van der Waals surface area contributed by atoms with E-state index in [4.69, 9.17) is 5.73 Å². The molecule has 0 amide bonds. The van der Waals surface area contributed by atoms with E-state index in [9.17, 15) is 0 Å². The van der Waals surface area contributed by atoms with Crippen LogP contribution in [-0.2, 0) is 13.5 Å². The normalized spacial score (nSPS) is 27.3. The Morgan fingerprint density at radius 3 is 2.65 bits per heavy atom. The van der Waals surface area contributed by atoms with Crippen LogP contribution in [0.4, 0.5) is 5.95 Å². The maximum absolute atomic E-state index is 6.21. The molecule has 3 rings (SSSR count). The van der Waals surface area contributed by atoms with Crippen molar-refractivity contribution in [2.24, 2.45) is 18.9 Å². The number of nitrogens with zero attached hydrogens (tertiary/aromatic N) is 4. The summed E-state index contributed by atoms with van der Waals surface area (Å²) in [6.45, 7) is 6.82. The van der Waals surface area contributed by atoms with Gasteiger partial charge in [-0.05, 0) is 37.5 Å². The summed E-state index contributed by atoms with van der Waals surface area (Å²) < 4.78 is 4.17. The van der Waals surface area contributed by atoms with Crippen LogP contribution in [0.5, 0.6) is 0 Å². The van der Waals surface area contributed by atoms with Gasteiger partial charge in [0.2, 0.25) is 5.95 Å². The van der Waals surface area contributed by atoms with Crippen LogP contribution < -0.4 is 5.73 Å². The topological polar surface area (TPSA) is 61.7 Å². The minimum atomic E-state index is 0.464. The summed E-state index contributed by atoms with van der Waals surface area (Å²) in [7, 11) is 1.99. The SMILES string of the molecule is CCc1nn(C)c2c1nc(N)n2C1CCC(C)C(C)C1. The number of imidazole rings is 1. The highest BCUT2D eigenvalue weighted by atomic mass is 15.4. The van der Waals surface area contributed by atoms with Gasteiger partial charge in [-0.2, -0.15) is 5.10 Å². The predicted octanol–water partition coefficient (Wildman–Crippen LogP) is 2.91. The Morgan fingerprint density at radius 2 is 2.00 bits per heavy atom. The van der Waals surface area contributed by atoms with E-state index in [1.54, 1.807) is 0 Å². The molecule has 2 N–H and O–H groups in total. The molecule has 1 aliphatic rings. The zero-order valence-electron chi connectivity index (χ0n) is 12.9. The van der Waals surface area contributed by atoms with Crippen LogP contribution in [0.2, 0.25) is 0 Å². The lowest BCUT2D eigenvalue weighted by Crippen LogP contribution is -2.24. The molecule has 3 unspecified atom stereocenters. The van der Waals surface area contributed by atoms with Gasteiger partial charge >= 0.3 is 0 Å². The van der Waals surface area contributed by atoms with Gasteiger partial charge in [0.05, 0.1) is 5.69 Å². The van der Waals surface area contributed by atoms with Crippen LogP contribution in [0.25, 0.3) is 11.2 Å². The smallest absolute Gasteiger partial charge is 0.202 e. The lowest BCUT2D eigenvalue weighted by atomic mass is 9.79. The van der Waals surface area contributed by atoms with Crippen LogP contribution in [0.15, 0.2) is 0 Å². The van der Waals surface area contributed by atoms with Crippen LogP contribution >= 0.6 is 0 Å². The number of nitrogens with two attached hydrogens (primary N) is 1. The number of hydrogen-bond acceptors (Lipinski definition) is 3. The summed E-state index contributed by atoms with van der Waals surface area (Å²) in [5.74, 6) is 2.20. The molecule has 2 aromatic heterocycles. The molecular formula is C15H25N5. The second kappa shape index (κ2) is 4.79. The van der Waals surface area contributed by atoms with E-state index in [1.165, 1.54) is 19.3 Å². The van der Waals surface area contributed by atoms with E-state index in [1.807, 2.05) is 11.7 Å². The Labute approximate surface area is 120 Å². The number of aryl methyl sites for hydroxylation is 2. The first-order valence-corrected chi connectivity index (χ1v) is 7.72. The number of anilines is 1. The molecule has 0 aliphatic heterocycles. The van der Waals surface area contributed by atoms with Crippen molar-refractivity contribution in [2.45, 2.75) is 52.5 Å². The number of aromatic nitrogens is 4. The van der Waals surface area contributed by atoms with Gasteiger partial charge in [-0.3, -0.25) is 9.25 Å². The van der Waals surface area contributed by atoms with Crippen molar-refractivity contribution >= 4 is 17.1 Å². The summed E-state index contributed by atoms with van der Waals surface area (Å²) >= 11 is 0.